The predicted octanol–water partition coefficient (Wildman–Crippen LogP) is 2.23. The van der Waals surface area contributed by atoms with E-state index >= 15 is 0 Å². The lowest BCUT2D eigenvalue weighted by atomic mass is 10.2. The summed E-state index contributed by atoms with van der Waals surface area (Å²) in [5.74, 6) is 0. The summed E-state index contributed by atoms with van der Waals surface area (Å²) in [5, 5.41) is 3.01. The normalized spacial score (nSPS) is 10.5. The molecule has 60 valence electrons. The molecule has 0 aromatic rings. The summed E-state index contributed by atoms with van der Waals surface area (Å²) in [6, 6.07) is 0. The van der Waals surface area contributed by atoms with Crippen LogP contribution < -0.4 is 5.32 Å². The van der Waals surface area contributed by atoms with Crippen LogP contribution in [0.25, 0.3) is 0 Å². The van der Waals surface area contributed by atoms with Crippen molar-refractivity contribution in [1.82, 2.24) is 5.32 Å². The molecular formula is C9H14N2. The van der Waals surface area contributed by atoms with Crippen molar-refractivity contribution in [3.63, 3.8) is 0 Å². The van der Waals surface area contributed by atoms with Crippen molar-refractivity contribution in [2.75, 3.05) is 0 Å². The highest BCUT2D eigenvalue weighted by Crippen LogP contribution is 2.01. The van der Waals surface area contributed by atoms with Crippen LogP contribution in [0.15, 0.2) is 41.3 Å². The first-order valence-electron chi connectivity index (χ1n) is 3.32. The molecule has 0 atom stereocenters. The summed E-state index contributed by atoms with van der Waals surface area (Å²) < 4.78 is 0. The van der Waals surface area contributed by atoms with Gasteiger partial charge < -0.3 is 5.32 Å². The lowest BCUT2D eigenvalue weighted by Crippen LogP contribution is -2.09. The highest BCUT2D eigenvalue weighted by atomic mass is 14.9. The molecule has 0 aliphatic heterocycles. The monoisotopic (exact) mass is 150 g/mol. The fourth-order valence-electron chi connectivity index (χ4n) is 0.514. The molecule has 0 aromatic heterocycles. The lowest BCUT2D eigenvalue weighted by molar-refractivity contribution is 0.977. The third-order valence-electron chi connectivity index (χ3n) is 1.15. The van der Waals surface area contributed by atoms with Gasteiger partial charge in [-0.1, -0.05) is 13.2 Å². The Kier molecular flexibility index (Phi) is 3.96. The van der Waals surface area contributed by atoms with Gasteiger partial charge in [-0.05, 0) is 26.1 Å². The molecule has 1 N–H and O–H groups in total. The van der Waals surface area contributed by atoms with E-state index in [1.807, 2.05) is 13.8 Å². The number of hydrogen-bond acceptors (Lipinski definition) is 2. The van der Waals surface area contributed by atoms with Gasteiger partial charge in [0, 0.05) is 17.6 Å². The van der Waals surface area contributed by atoms with Gasteiger partial charge in [0.1, 0.15) is 0 Å². The SMILES string of the molecule is C=N/C=C(\C)NC(=C)C(=C)C. The largest absolute Gasteiger partial charge is 0.358 e. The smallest absolute Gasteiger partial charge is 0.0450 e. The molecule has 0 saturated heterocycles. The molecule has 0 bridgehead atoms. The Balaban J connectivity index is 4.05. The molecule has 0 fully saturated rings. The van der Waals surface area contributed by atoms with E-state index in [-0.39, 0.29) is 0 Å². The summed E-state index contributed by atoms with van der Waals surface area (Å²) in [5.41, 5.74) is 2.64. The third kappa shape index (κ3) is 4.14. The number of aliphatic imine (C=N–C) groups is 1. The molecule has 0 spiro atoms. The van der Waals surface area contributed by atoms with Gasteiger partial charge in [0.25, 0.3) is 0 Å². The van der Waals surface area contributed by atoms with Crippen molar-refractivity contribution in [3.8, 4) is 0 Å². The van der Waals surface area contributed by atoms with Gasteiger partial charge in [0.15, 0.2) is 0 Å². The molecule has 0 radical (unpaired) electrons. The van der Waals surface area contributed by atoms with Gasteiger partial charge in [-0.3, -0.25) is 4.99 Å². The zero-order valence-electron chi connectivity index (χ0n) is 7.15. The van der Waals surface area contributed by atoms with E-state index in [0.717, 1.165) is 17.0 Å². The summed E-state index contributed by atoms with van der Waals surface area (Å²) in [6.45, 7) is 14.6. The average molecular weight is 150 g/mol. The predicted molar refractivity (Wildman–Crippen MR) is 50.4 cm³/mol. The van der Waals surface area contributed by atoms with Crippen LogP contribution in [0.5, 0.6) is 0 Å². The molecule has 0 rings (SSSR count). The van der Waals surface area contributed by atoms with Crippen molar-refractivity contribution >= 4 is 6.72 Å². The second kappa shape index (κ2) is 4.50. The first kappa shape index (κ1) is 9.69. The van der Waals surface area contributed by atoms with Crippen LogP contribution in [0, 0.1) is 0 Å². The second-order valence-electron chi connectivity index (χ2n) is 2.38. The first-order valence-corrected chi connectivity index (χ1v) is 3.32. The van der Waals surface area contributed by atoms with Gasteiger partial charge in [-0.15, -0.1) is 0 Å². The zero-order chi connectivity index (χ0) is 8.85. The molecular weight excluding hydrogens is 136 g/mol. The molecule has 0 aliphatic rings. The summed E-state index contributed by atoms with van der Waals surface area (Å²) in [7, 11) is 0. The molecule has 0 saturated carbocycles. The van der Waals surface area contributed by atoms with E-state index in [9.17, 15) is 0 Å². The minimum atomic E-state index is 0.808. The van der Waals surface area contributed by atoms with Gasteiger partial charge >= 0.3 is 0 Å². The van der Waals surface area contributed by atoms with Gasteiger partial charge in [0.2, 0.25) is 0 Å². The highest BCUT2D eigenvalue weighted by molar-refractivity contribution is 5.28. The van der Waals surface area contributed by atoms with E-state index in [4.69, 9.17) is 0 Å². The third-order valence-corrected chi connectivity index (χ3v) is 1.15. The fourth-order valence-corrected chi connectivity index (χ4v) is 0.514. The number of hydrogen-bond donors (Lipinski definition) is 1. The van der Waals surface area contributed by atoms with E-state index in [1.54, 1.807) is 6.20 Å². The second-order valence-corrected chi connectivity index (χ2v) is 2.38. The van der Waals surface area contributed by atoms with Crippen LogP contribution in [0.3, 0.4) is 0 Å². The topological polar surface area (TPSA) is 24.4 Å². The standard InChI is InChI=1S/C9H14N2/c1-7(2)9(4)11-8(3)6-10-5/h6,11H,1,4-5H2,2-3H3/b8-6+. The van der Waals surface area contributed by atoms with Crippen LogP contribution in [-0.4, -0.2) is 6.72 Å². The maximum Gasteiger partial charge on any atom is 0.0450 e. The molecule has 0 heterocycles. The summed E-state index contributed by atoms with van der Waals surface area (Å²) >= 11 is 0. The summed E-state index contributed by atoms with van der Waals surface area (Å²) in [6.07, 6.45) is 1.63. The van der Waals surface area contributed by atoms with Gasteiger partial charge in [0.05, 0.1) is 0 Å². The maximum atomic E-state index is 3.76. The van der Waals surface area contributed by atoms with Crippen molar-refractivity contribution in [3.05, 3.63) is 36.3 Å². The van der Waals surface area contributed by atoms with Crippen LogP contribution >= 0.6 is 0 Å². The highest BCUT2D eigenvalue weighted by Gasteiger charge is 1.92. The molecule has 2 nitrogen and oxygen atoms in total. The fraction of sp³-hybridized carbons (Fsp3) is 0.222. The van der Waals surface area contributed by atoms with Crippen LogP contribution in [0.4, 0.5) is 0 Å². The Morgan fingerprint density at radius 2 is 1.91 bits per heavy atom. The van der Waals surface area contributed by atoms with Crippen LogP contribution in [0.2, 0.25) is 0 Å². The molecule has 0 aromatic carbocycles. The van der Waals surface area contributed by atoms with Crippen molar-refractivity contribution in [1.29, 1.82) is 0 Å². The quantitative estimate of drug-likeness (QED) is 0.482. The van der Waals surface area contributed by atoms with Gasteiger partial charge in [-0.25, -0.2) is 0 Å². The van der Waals surface area contributed by atoms with Crippen LogP contribution in [0.1, 0.15) is 13.8 Å². The molecule has 0 unspecified atom stereocenters. The van der Waals surface area contributed by atoms with Crippen molar-refractivity contribution in [2.45, 2.75) is 13.8 Å². The van der Waals surface area contributed by atoms with Crippen LogP contribution in [-0.2, 0) is 0 Å². The number of nitrogens with zero attached hydrogens (tertiary/aromatic N) is 1. The van der Waals surface area contributed by atoms with E-state index in [0.29, 0.717) is 0 Å². The molecule has 2 heteroatoms. The number of rotatable bonds is 4. The maximum absolute atomic E-state index is 3.76. The molecule has 11 heavy (non-hydrogen) atoms. The van der Waals surface area contributed by atoms with Gasteiger partial charge in [-0.2, -0.15) is 0 Å². The minimum Gasteiger partial charge on any atom is -0.358 e. The zero-order valence-corrected chi connectivity index (χ0v) is 7.15. The Morgan fingerprint density at radius 1 is 1.36 bits per heavy atom. The molecule has 0 aliphatic carbocycles. The number of nitrogens with one attached hydrogen (secondary N) is 1. The van der Waals surface area contributed by atoms with Crippen molar-refractivity contribution < 1.29 is 0 Å². The summed E-state index contributed by atoms with van der Waals surface area (Å²) in [4.78, 5) is 3.60. The van der Waals surface area contributed by atoms with E-state index in [2.05, 4.69) is 30.2 Å². The first-order chi connectivity index (χ1) is 5.07. The Morgan fingerprint density at radius 3 is 2.27 bits per heavy atom. The van der Waals surface area contributed by atoms with Crippen molar-refractivity contribution in [2.24, 2.45) is 4.99 Å². The molecule has 0 amide bonds. The van der Waals surface area contributed by atoms with E-state index in [1.165, 1.54) is 0 Å². The Hall–Kier alpha value is -1.31. The Labute approximate surface area is 68.0 Å². The average Bonchev–Trinajstić information content (AvgIpc) is 1.87. The van der Waals surface area contributed by atoms with E-state index < -0.39 is 0 Å². The minimum absolute atomic E-state index is 0.808. The number of allylic oxidation sites excluding steroid dienone is 2. The lowest BCUT2D eigenvalue weighted by Gasteiger charge is -2.07. The Bertz CT molecular complexity index is 212.